The van der Waals surface area contributed by atoms with Crippen LogP contribution in [0.1, 0.15) is 36.9 Å². The Morgan fingerprint density at radius 3 is 2.51 bits per heavy atom. The van der Waals surface area contributed by atoms with Crippen LogP contribution in [0.5, 0.6) is 0 Å². The highest BCUT2D eigenvalue weighted by molar-refractivity contribution is 6.31. The van der Waals surface area contributed by atoms with Gasteiger partial charge in [0.25, 0.3) is 11.8 Å². The van der Waals surface area contributed by atoms with Gasteiger partial charge in [-0.25, -0.2) is 4.79 Å². The Hall–Kier alpha value is -4.39. The highest BCUT2D eigenvalue weighted by atomic mass is 35.5. The fourth-order valence-electron chi connectivity index (χ4n) is 4.11. The quantitative estimate of drug-likeness (QED) is 0.396. The smallest absolute Gasteiger partial charge is 0.351 e. The van der Waals surface area contributed by atoms with Crippen LogP contribution in [0.4, 0.5) is 29.3 Å². The molecule has 0 bridgehead atoms. The number of imide groups is 2. The average molecular weight is 564 g/mol. The minimum absolute atomic E-state index is 0.00263. The van der Waals surface area contributed by atoms with E-state index in [0.717, 1.165) is 29.2 Å². The fraction of sp³-hybridized carbons (Fsp3) is 0.240. The number of carbonyl (C=O) groups excluding carboxylic acids is 5. The first-order valence-electron chi connectivity index (χ1n) is 11.6. The van der Waals surface area contributed by atoms with Crippen molar-refractivity contribution in [2.45, 2.75) is 38.0 Å². The fourth-order valence-corrected chi connectivity index (χ4v) is 4.40. The van der Waals surface area contributed by atoms with E-state index in [0.29, 0.717) is 11.3 Å². The SMILES string of the molecule is CC(NC(=O)Nc1ccc(C(F)(F)F)c(Cl)c1)c1cccc(NC2=CC(=O)N(C3CCC(=O)NC3=O)C2=O)c1. The molecule has 6 amide bonds. The van der Waals surface area contributed by atoms with Crippen molar-refractivity contribution in [1.82, 2.24) is 15.5 Å². The lowest BCUT2D eigenvalue weighted by atomic mass is 10.0. The van der Waals surface area contributed by atoms with Gasteiger partial charge in [-0.05, 0) is 49.2 Å². The van der Waals surface area contributed by atoms with Crippen LogP contribution >= 0.6 is 11.6 Å². The first-order valence-corrected chi connectivity index (χ1v) is 12.0. The van der Waals surface area contributed by atoms with Crippen LogP contribution in [0.15, 0.2) is 54.2 Å². The molecule has 2 unspecified atom stereocenters. The monoisotopic (exact) mass is 563 g/mol. The van der Waals surface area contributed by atoms with E-state index in [1.165, 1.54) is 0 Å². The van der Waals surface area contributed by atoms with Crippen molar-refractivity contribution in [3.8, 4) is 0 Å². The van der Waals surface area contributed by atoms with Crippen LogP contribution in [-0.2, 0) is 25.4 Å². The zero-order valence-corrected chi connectivity index (χ0v) is 20.9. The first kappa shape index (κ1) is 27.6. The molecule has 2 heterocycles. The Balaban J connectivity index is 1.38. The number of alkyl halides is 3. The van der Waals surface area contributed by atoms with Gasteiger partial charge in [-0.15, -0.1) is 0 Å². The molecule has 0 radical (unpaired) electrons. The minimum Gasteiger partial charge on any atom is -0.351 e. The Morgan fingerprint density at radius 1 is 1.10 bits per heavy atom. The number of benzene rings is 2. The number of urea groups is 1. The predicted octanol–water partition coefficient (Wildman–Crippen LogP) is 3.71. The summed E-state index contributed by atoms with van der Waals surface area (Å²) in [5, 5.41) is 9.46. The topological polar surface area (TPSA) is 137 Å². The number of nitrogens with one attached hydrogen (secondary N) is 4. The van der Waals surface area contributed by atoms with E-state index in [-0.39, 0.29) is 24.2 Å². The van der Waals surface area contributed by atoms with Crippen molar-refractivity contribution < 1.29 is 37.1 Å². The molecule has 204 valence electrons. The number of carbonyl (C=O) groups is 5. The third-order valence-electron chi connectivity index (χ3n) is 6.02. The molecular formula is C25H21ClF3N5O5. The number of hydrogen-bond donors (Lipinski definition) is 4. The number of nitrogens with zero attached hydrogens (tertiary/aromatic N) is 1. The second kappa shape index (κ2) is 10.8. The van der Waals surface area contributed by atoms with Crippen molar-refractivity contribution in [2.24, 2.45) is 0 Å². The molecule has 0 aromatic heterocycles. The normalized spacial score (nSPS) is 18.4. The Labute approximate surface area is 224 Å². The summed E-state index contributed by atoms with van der Waals surface area (Å²) in [7, 11) is 0. The molecule has 2 aromatic carbocycles. The minimum atomic E-state index is -4.62. The summed E-state index contributed by atoms with van der Waals surface area (Å²) in [5.74, 6) is -2.61. The number of piperidine rings is 1. The zero-order chi connectivity index (χ0) is 28.5. The molecule has 4 N–H and O–H groups in total. The molecule has 2 aliphatic rings. The van der Waals surface area contributed by atoms with E-state index in [9.17, 15) is 37.1 Å². The molecule has 2 aliphatic heterocycles. The molecule has 0 aliphatic carbocycles. The summed E-state index contributed by atoms with van der Waals surface area (Å²) >= 11 is 5.69. The summed E-state index contributed by atoms with van der Waals surface area (Å²) in [5.41, 5.74) is -0.0244. The lowest BCUT2D eigenvalue weighted by Gasteiger charge is -2.28. The maximum absolute atomic E-state index is 12.9. The molecule has 4 rings (SSSR count). The van der Waals surface area contributed by atoms with Gasteiger partial charge in [-0.2, -0.15) is 13.2 Å². The van der Waals surface area contributed by atoms with E-state index in [1.807, 2.05) is 0 Å². The van der Waals surface area contributed by atoms with Crippen molar-refractivity contribution in [2.75, 3.05) is 10.6 Å². The molecule has 14 heteroatoms. The van der Waals surface area contributed by atoms with Gasteiger partial charge in [0.15, 0.2) is 0 Å². The molecular weight excluding hydrogens is 543 g/mol. The Kier molecular flexibility index (Phi) is 7.63. The van der Waals surface area contributed by atoms with Gasteiger partial charge < -0.3 is 16.0 Å². The maximum Gasteiger partial charge on any atom is 0.417 e. The van der Waals surface area contributed by atoms with Crippen molar-refractivity contribution >= 4 is 52.6 Å². The Morgan fingerprint density at radius 2 is 1.85 bits per heavy atom. The zero-order valence-electron chi connectivity index (χ0n) is 20.2. The summed E-state index contributed by atoms with van der Waals surface area (Å²) in [6.07, 6.45) is -3.53. The molecule has 10 nitrogen and oxygen atoms in total. The third-order valence-corrected chi connectivity index (χ3v) is 6.33. The van der Waals surface area contributed by atoms with Crippen molar-refractivity contribution in [1.29, 1.82) is 0 Å². The second-order valence-corrected chi connectivity index (χ2v) is 9.21. The van der Waals surface area contributed by atoms with Gasteiger partial charge in [-0.1, -0.05) is 23.7 Å². The van der Waals surface area contributed by atoms with E-state index in [2.05, 4.69) is 21.3 Å². The molecule has 2 atom stereocenters. The van der Waals surface area contributed by atoms with E-state index in [4.69, 9.17) is 11.6 Å². The number of amides is 6. The number of anilines is 2. The largest absolute Gasteiger partial charge is 0.417 e. The molecule has 39 heavy (non-hydrogen) atoms. The lowest BCUT2D eigenvalue weighted by Crippen LogP contribution is -2.54. The van der Waals surface area contributed by atoms with Crippen LogP contribution in [-0.4, -0.2) is 40.6 Å². The average Bonchev–Trinajstić information content (AvgIpc) is 3.11. The van der Waals surface area contributed by atoms with E-state index < -0.39 is 58.5 Å². The van der Waals surface area contributed by atoms with Gasteiger partial charge in [0.05, 0.1) is 16.6 Å². The number of rotatable bonds is 6. The summed E-state index contributed by atoms with van der Waals surface area (Å²) in [6, 6.07) is 7.04. The molecule has 1 fully saturated rings. The van der Waals surface area contributed by atoms with Gasteiger partial charge in [0.1, 0.15) is 11.7 Å². The van der Waals surface area contributed by atoms with E-state index >= 15 is 0 Å². The van der Waals surface area contributed by atoms with Crippen LogP contribution in [0, 0.1) is 0 Å². The number of halogens is 4. The van der Waals surface area contributed by atoms with Gasteiger partial charge in [0.2, 0.25) is 11.8 Å². The summed E-state index contributed by atoms with van der Waals surface area (Å²) < 4.78 is 38.6. The number of hydrogen-bond acceptors (Lipinski definition) is 6. The van der Waals surface area contributed by atoms with Crippen LogP contribution in [0.3, 0.4) is 0 Å². The van der Waals surface area contributed by atoms with Gasteiger partial charge >= 0.3 is 12.2 Å². The molecule has 1 saturated heterocycles. The third kappa shape index (κ3) is 6.20. The van der Waals surface area contributed by atoms with Crippen molar-refractivity contribution in [3.63, 3.8) is 0 Å². The predicted molar refractivity (Wildman–Crippen MR) is 133 cm³/mol. The summed E-state index contributed by atoms with van der Waals surface area (Å²) in [4.78, 5) is 62.0. The highest BCUT2D eigenvalue weighted by Crippen LogP contribution is 2.36. The van der Waals surface area contributed by atoms with Crippen molar-refractivity contribution in [3.05, 3.63) is 70.4 Å². The van der Waals surface area contributed by atoms with Crippen LogP contribution in [0.2, 0.25) is 5.02 Å². The van der Waals surface area contributed by atoms with Gasteiger partial charge in [0, 0.05) is 23.9 Å². The second-order valence-electron chi connectivity index (χ2n) is 8.80. The van der Waals surface area contributed by atoms with E-state index in [1.54, 1.807) is 31.2 Å². The molecule has 2 aromatic rings. The van der Waals surface area contributed by atoms with Gasteiger partial charge in [-0.3, -0.25) is 29.4 Å². The lowest BCUT2D eigenvalue weighted by molar-refractivity contribution is -0.149. The summed E-state index contributed by atoms with van der Waals surface area (Å²) in [6.45, 7) is 1.66. The Bertz CT molecular complexity index is 1410. The highest BCUT2D eigenvalue weighted by Gasteiger charge is 2.42. The first-order chi connectivity index (χ1) is 18.3. The maximum atomic E-state index is 12.9. The standard InChI is InChI=1S/C25H21ClF3N5O5/c1-12(30-24(39)32-15-5-6-16(17(26)10-15)25(27,28)29)13-3-2-4-14(9-13)31-18-11-21(36)34(23(18)38)19-7-8-20(35)33-22(19)37/h2-6,9-12,19,31H,7-8H2,1H3,(H2,30,32,39)(H,33,35,37). The molecule has 0 spiro atoms. The van der Waals surface area contributed by atoms with Crippen LogP contribution < -0.4 is 21.3 Å². The van der Waals surface area contributed by atoms with Crippen LogP contribution in [0.25, 0.3) is 0 Å². The molecule has 0 saturated carbocycles.